The molecule has 0 spiro atoms. The van der Waals surface area contributed by atoms with Gasteiger partial charge >= 0.3 is 0 Å². The van der Waals surface area contributed by atoms with E-state index in [4.69, 9.17) is 5.26 Å². The van der Waals surface area contributed by atoms with Crippen LogP contribution in [0.15, 0.2) is 42.7 Å². The van der Waals surface area contributed by atoms with Crippen molar-refractivity contribution >= 4 is 11.6 Å². The molecule has 0 atom stereocenters. The zero-order valence-corrected chi connectivity index (χ0v) is 8.83. The molecule has 16 heavy (non-hydrogen) atoms. The van der Waals surface area contributed by atoms with Crippen LogP contribution in [-0.4, -0.2) is 17.0 Å². The van der Waals surface area contributed by atoms with Crippen molar-refractivity contribution in [3.63, 3.8) is 0 Å². The van der Waals surface area contributed by atoms with E-state index in [1.54, 1.807) is 29.4 Å². The molecule has 0 N–H and O–H groups in total. The summed E-state index contributed by atoms with van der Waals surface area (Å²) in [6.07, 6.45) is 3.35. The van der Waals surface area contributed by atoms with Crippen LogP contribution in [0.2, 0.25) is 0 Å². The lowest BCUT2D eigenvalue weighted by molar-refractivity contribution is 1.04. The molecule has 0 aliphatic rings. The molecular formula is C12H10N4. The van der Waals surface area contributed by atoms with Gasteiger partial charge in [-0.2, -0.15) is 5.26 Å². The van der Waals surface area contributed by atoms with E-state index < -0.39 is 0 Å². The maximum Gasteiger partial charge on any atom is 0.229 e. The second-order valence-corrected chi connectivity index (χ2v) is 3.24. The zero-order valence-electron chi connectivity index (χ0n) is 8.83. The summed E-state index contributed by atoms with van der Waals surface area (Å²) in [5.41, 5.74) is 1.41. The van der Waals surface area contributed by atoms with Crippen LogP contribution in [0.1, 0.15) is 5.56 Å². The van der Waals surface area contributed by atoms with Crippen molar-refractivity contribution in [2.75, 3.05) is 11.9 Å². The van der Waals surface area contributed by atoms with Crippen molar-refractivity contribution in [3.8, 4) is 6.07 Å². The Bertz CT molecular complexity index is 516. The normalized spacial score (nSPS) is 9.50. The summed E-state index contributed by atoms with van der Waals surface area (Å²) in [7, 11) is 1.84. The Morgan fingerprint density at radius 2 is 1.81 bits per heavy atom. The van der Waals surface area contributed by atoms with E-state index in [1.165, 1.54) is 0 Å². The number of nitrogens with zero attached hydrogens (tertiary/aromatic N) is 4. The number of para-hydroxylation sites is 1. The van der Waals surface area contributed by atoms with E-state index >= 15 is 0 Å². The molecular weight excluding hydrogens is 200 g/mol. The van der Waals surface area contributed by atoms with Gasteiger partial charge in [0.1, 0.15) is 6.07 Å². The lowest BCUT2D eigenvalue weighted by Gasteiger charge is -2.17. The highest BCUT2D eigenvalue weighted by Crippen LogP contribution is 2.22. The van der Waals surface area contributed by atoms with Gasteiger partial charge in [0.25, 0.3) is 0 Å². The smallest absolute Gasteiger partial charge is 0.229 e. The van der Waals surface area contributed by atoms with Crippen LogP contribution in [0.3, 0.4) is 0 Å². The molecule has 2 aromatic rings. The van der Waals surface area contributed by atoms with Gasteiger partial charge in [0.05, 0.1) is 11.3 Å². The summed E-state index contributed by atoms with van der Waals surface area (Å²) in [4.78, 5) is 10.1. The number of anilines is 2. The fourth-order valence-electron chi connectivity index (χ4n) is 1.43. The van der Waals surface area contributed by atoms with Gasteiger partial charge in [-0.25, -0.2) is 9.97 Å². The molecule has 1 aromatic heterocycles. The number of hydrogen-bond acceptors (Lipinski definition) is 4. The highest BCUT2D eigenvalue weighted by Gasteiger charge is 2.09. The first-order chi connectivity index (χ1) is 7.83. The van der Waals surface area contributed by atoms with Gasteiger partial charge < -0.3 is 4.90 Å². The van der Waals surface area contributed by atoms with Crippen molar-refractivity contribution in [2.45, 2.75) is 0 Å². The first-order valence-corrected chi connectivity index (χ1v) is 4.83. The van der Waals surface area contributed by atoms with Gasteiger partial charge in [-0.3, -0.25) is 0 Å². The minimum Gasteiger partial charge on any atom is -0.312 e. The standard InChI is InChI=1S/C12H10N4/c1-16(12-14-7-4-8-15-12)11-6-3-2-5-10(11)9-13/h2-8H,1H3. The van der Waals surface area contributed by atoms with Gasteiger partial charge in [0.2, 0.25) is 5.95 Å². The van der Waals surface area contributed by atoms with Gasteiger partial charge in [0.15, 0.2) is 0 Å². The van der Waals surface area contributed by atoms with Crippen LogP contribution >= 0.6 is 0 Å². The lowest BCUT2D eigenvalue weighted by atomic mass is 10.2. The van der Waals surface area contributed by atoms with E-state index in [-0.39, 0.29) is 0 Å². The third kappa shape index (κ3) is 1.84. The molecule has 0 aliphatic carbocycles. The molecule has 2 rings (SSSR count). The zero-order chi connectivity index (χ0) is 11.4. The number of benzene rings is 1. The van der Waals surface area contributed by atoms with Crippen molar-refractivity contribution in [2.24, 2.45) is 0 Å². The molecule has 4 heteroatoms. The summed E-state index contributed by atoms with van der Waals surface area (Å²) in [6, 6.07) is 11.3. The largest absolute Gasteiger partial charge is 0.312 e. The third-order valence-corrected chi connectivity index (χ3v) is 2.24. The molecule has 0 unspecified atom stereocenters. The van der Waals surface area contributed by atoms with Crippen molar-refractivity contribution in [1.82, 2.24) is 9.97 Å². The fraction of sp³-hybridized carbons (Fsp3) is 0.0833. The predicted octanol–water partition coefficient (Wildman–Crippen LogP) is 2.12. The number of hydrogen-bond donors (Lipinski definition) is 0. The Labute approximate surface area is 93.8 Å². The Kier molecular flexibility index (Phi) is 2.79. The number of aromatic nitrogens is 2. The van der Waals surface area contributed by atoms with Crippen LogP contribution < -0.4 is 4.90 Å². The van der Waals surface area contributed by atoms with E-state index in [9.17, 15) is 0 Å². The monoisotopic (exact) mass is 210 g/mol. The highest BCUT2D eigenvalue weighted by molar-refractivity contribution is 5.64. The fourth-order valence-corrected chi connectivity index (χ4v) is 1.43. The first kappa shape index (κ1) is 10.1. The summed E-state index contributed by atoms with van der Waals surface area (Å²) in [5, 5.41) is 9.00. The average molecular weight is 210 g/mol. The third-order valence-electron chi connectivity index (χ3n) is 2.24. The topological polar surface area (TPSA) is 52.8 Å². The minimum atomic E-state index is 0.574. The molecule has 0 radical (unpaired) electrons. The van der Waals surface area contributed by atoms with Crippen molar-refractivity contribution < 1.29 is 0 Å². The Morgan fingerprint density at radius 1 is 1.12 bits per heavy atom. The summed E-state index contributed by atoms with van der Waals surface area (Å²) in [6.45, 7) is 0. The van der Waals surface area contributed by atoms with E-state index in [0.717, 1.165) is 5.69 Å². The molecule has 1 aromatic carbocycles. The molecule has 78 valence electrons. The molecule has 1 heterocycles. The molecule has 0 bridgehead atoms. The summed E-state index contributed by atoms with van der Waals surface area (Å²) >= 11 is 0. The van der Waals surface area contributed by atoms with Gasteiger partial charge in [-0.05, 0) is 18.2 Å². The molecule has 0 saturated carbocycles. The predicted molar refractivity (Wildman–Crippen MR) is 61.3 cm³/mol. The molecule has 0 amide bonds. The van der Waals surface area contributed by atoms with E-state index in [1.807, 2.05) is 25.2 Å². The SMILES string of the molecule is CN(c1ncccn1)c1ccccc1C#N. The molecule has 4 nitrogen and oxygen atoms in total. The van der Waals surface area contributed by atoms with Gasteiger partial charge in [-0.15, -0.1) is 0 Å². The molecule has 0 saturated heterocycles. The molecule has 0 aliphatic heterocycles. The van der Waals surface area contributed by atoms with E-state index in [2.05, 4.69) is 16.0 Å². The van der Waals surface area contributed by atoms with E-state index in [0.29, 0.717) is 11.5 Å². The Hall–Kier alpha value is -2.41. The van der Waals surface area contributed by atoms with Crippen LogP contribution in [0.4, 0.5) is 11.6 Å². The van der Waals surface area contributed by atoms with Crippen LogP contribution in [0, 0.1) is 11.3 Å². The lowest BCUT2D eigenvalue weighted by Crippen LogP contribution is -2.13. The second-order valence-electron chi connectivity index (χ2n) is 3.24. The van der Waals surface area contributed by atoms with Crippen LogP contribution in [-0.2, 0) is 0 Å². The quantitative estimate of drug-likeness (QED) is 0.761. The number of rotatable bonds is 2. The summed E-state index contributed by atoms with van der Waals surface area (Å²) in [5.74, 6) is 0.574. The minimum absolute atomic E-state index is 0.574. The maximum absolute atomic E-state index is 9.00. The van der Waals surface area contributed by atoms with Gasteiger partial charge in [-0.1, -0.05) is 12.1 Å². The Morgan fingerprint density at radius 3 is 2.50 bits per heavy atom. The van der Waals surface area contributed by atoms with Crippen molar-refractivity contribution in [1.29, 1.82) is 5.26 Å². The number of nitriles is 1. The van der Waals surface area contributed by atoms with Gasteiger partial charge in [0, 0.05) is 19.4 Å². The van der Waals surface area contributed by atoms with Crippen LogP contribution in [0.5, 0.6) is 0 Å². The summed E-state index contributed by atoms with van der Waals surface area (Å²) < 4.78 is 0. The molecule has 0 fully saturated rings. The van der Waals surface area contributed by atoms with Crippen LogP contribution in [0.25, 0.3) is 0 Å². The Balaban J connectivity index is 2.42. The second kappa shape index (κ2) is 4.41. The average Bonchev–Trinajstić information content (AvgIpc) is 2.39. The van der Waals surface area contributed by atoms with Crippen molar-refractivity contribution in [3.05, 3.63) is 48.3 Å². The highest BCUT2D eigenvalue weighted by atomic mass is 15.2. The first-order valence-electron chi connectivity index (χ1n) is 4.83. The maximum atomic E-state index is 9.00.